The highest BCUT2D eigenvalue weighted by atomic mass is 32.2. The zero-order chi connectivity index (χ0) is 24.7. The Labute approximate surface area is 198 Å². The van der Waals surface area contributed by atoms with Crippen molar-refractivity contribution in [1.82, 2.24) is 0 Å². The van der Waals surface area contributed by atoms with Gasteiger partial charge < -0.3 is 20.1 Å². The summed E-state index contributed by atoms with van der Waals surface area (Å²) in [6.45, 7) is 2.81. The van der Waals surface area contributed by atoms with Crippen LogP contribution in [0.1, 0.15) is 12.5 Å². The third-order valence-corrected chi connectivity index (χ3v) is 6.00. The van der Waals surface area contributed by atoms with Gasteiger partial charge >= 0.3 is 0 Å². The Bertz CT molecular complexity index is 1290. The molecule has 0 fully saturated rings. The molecule has 10 heteroatoms. The van der Waals surface area contributed by atoms with Gasteiger partial charge in [-0.05, 0) is 73.2 Å². The maximum absolute atomic E-state index is 12.7. The first-order valence-electron chi connectivity index (χ1n) is 10.2. The average molecular weight is 484 g/mol. The van der Waals surface area contributed by atoms with E-state index in [4.69, 9.17) is 9.47 Å². The van der Waals surface area contributed by atoms with Gasteiger partial charge in [0, 0.05) is 24.0 Å². The zero-order valence-electron chi connectivity index (χ0n) is 18.9. The molecule has 0 aliphatic heterocycles. The van der Waals surface area contributed by atoms with Crippen LogP contribution in [-0.4, -0.2) is 33.9 Å². The van der Waals surface area contributed by atoms with Gasteiger partial charge in [0.05, 0.1) is 12.0 Å². The van der Waals surface area contributed by atoms with Crippen LogP contribution in [0.4, 0.5) is 17.1 Å². The van der Waals surface area contributed by atoms with Crippen molar-refractivity contribution in [1.29, 1.82) is 0 Å². The first-order chi connectivity index (χ1) is 16.2. The number of ether oxygens (including phenoxy) is 2. The Hall–Kier alpha value is -4.05. The Morgan fingerprint density at radius 3 is 2.18 bits per heavy atom. The largest absolute Gasteiger partial charge is 0.497 e. The Morgan fingerprint density at radius 1 is 0.882 bits per heavy atom. The fourth-order valence-electron chi connectivity index (χ4n) is 3.04. The molecule has 2 amide bonds. The van der Waals surface area contributed by atoms with Gasteiger partial charge in [0.1, 0.15) is 11.5 Å². The fraction of sp³-hybridized carbons (Fsp3) is 0.167. The molecule has 0 heterocycles. The van der Waals surface area contributed by atoms with Crippen LogP contribution in [0.2, 0.25) is 0 Å². The van der Waals surface area contributed by atoms with Gasteiger partial charge in [0.2, 0.25) is 5.91 Å². The number of carbonyl (C=O) groups is 2. The van der Waals surface area contributed by atoms with Gasteiger partial charge in [0.15, 0.2) is 6.61 Å². The Kier molecular flexibility index (Phi) is 7.75. The summed E-state index contributed by atoms with van der Waals surface area (Å²) in [7, 11) is -2.28. The SMILES string of the molecule is COc1ccc(NS(=O)(=O)c2ccc(OCC(=O)Nc3cccc(NC(C)=O)c3)c(C)c2)cc1. The summed E-state index contributed by atoms with van der Waals surface area (Å²) in [5.41, 5.74) is 2.01. The number of nitrogens with one attached hydrogen (secondary N) is 3. The van der Waals surface area contributed by atoms with E-state index in [1.54, 1.807) is 55.5 Å². The first-order valence-corrected chi connectivity index (χ1v) is 11.7. The van der Waals surface area contributed by atoms with Gasteiger partial charge in [-0.2, -0.15) is 0 Å². The second-order valence-electron chi connectivity index (χ2n) is 7.36. The lowest BCUT2D eigenvalue weighted by Gasteiger charge is -2.13. The highest BCUT2D eigenvalue weighted by Crippen LogP contribution is 2.24. The molecule has 0 spiro atoms. The lowest BCUT2D eigenvalue weighted by atomic mass is 10.2. The number of methoxy groups -OCH3 is 1. The van der Waals surface area contributed by atoms with Gasteiger partial charge in [-0.1, -0.05) is 6.07 Å². The molecule has 34 heavy (non-hydrogen) atoms. The minimum absolute atomic E-state index is 0.0624. The number of hydrogen-bond acceptors (Lipinski definition) is 6. The number of rotatable bonds is 9. The maximum atomic E-state index is 12.7. The monoisotopic (exact) mass is 483 g/mol. The number of benzene rings is 3. The average Bonchev–Trinajstić information content (AvgIpc) is 2.78. The summed E-state index contributed by atoms with van der Waals surface area (Å²) in [5, 5.41) is 5.33. The fourth-order valence-corrected chi connectivity index (χ4v) is 4.19. The van der Waals surface area contributed by atoms with E-state index in [1.165, 1.54) is 32.2 Å². The van der Waals surface area contributed by atoms with Crippen LogP contribution >= 0.6 is 0 Å². The molecule has 0 atom stereocenters. The van der Waals surface area contributed by atoms with E-state index >= 15 is 0 Å². The number of hydrogen-bond donors (Lipinski definition) is 3. The number of anilines is 3. The van der Waals surface area contributed by atoms with E-state index in [-0.39, 0.29) is 17.4 Å². The molecular weight excluding hydrogens is 458 g/mol. The van der Waals surface area contributed by atoms with Gasteiger partial charge in [0.25, 0.3) is 15.9 Å². The summed E-state index contributed by atoms with van der Waals surface area (Å²) in [6.07, 6.45) is 0. The molecule has 178 valence electrons. The number of amides is 2. The van der Waals surface area contributed by atoms with E-state index in [2.05, 4.69) is 15.4 Å². The molecule has 3 N–H and O–H groups in total. The minimum Gasteiger partial charge on any atom is -0.497 e. The highest BCUT2D eigenvalue weighted by Gasteiger charge is 2.16. The normalized spacial score (nSPS) is 10.8. The topological polar surface area (TPSA) is 123 Å². The molecule has 0 radical (unpaired) electrons. The van der Waals surface area contributed by atoms with Crippen molar-refractivity contribution in [3.8, 4) is 11.5 Å². The van der Waals surface area contributed by atoms with E-state index in [0.29, 0.717) is 34.1 Å². The molecule has 0 saturated carbocycles. The third kappa shape index (κ3) is 6.72. The maximum Gasteiger partial charge on any atom is 0.262 e. The van der Waals surface area contributed by atoms with Crippen molar-refractivity contribution in [3.05, 3.63) is 72.3 Å². The predicted molar refractivity (Wildman–Crippen MR) is 130 cm³/mol. The van der Waals surface area contributed by atoms with Crippen LogP contribution in [-0.2, 0) is 19.6 Å². The lowest BCUT2D eigenvalue weighted by Crippen LogP contribution is -2.20. The van der Waals surface area contributed by atoms with Crippen molar-refractivity contribution in [2.24, 2.45) is 0 Å². The molecule has 3 rings (SSSR count). The van der Waals surface area contributed by atoms with Gasteiger partial charge in [-0.15, -0.1) is 0 Å². The van der Waals surface area contributed by atoms with Crippen LogP contribution in [0.15, 0.2) is 71.6 Å². The van der Waals surface area contributed by atoms with Crippen molar-refractivity contribution in [2.45, 2.75) is 18.7 Å². The van der Waals surface area contributed by atoms with E-state index in [1.807, 2.05) is 0 Å². The molecule has 0 aliphatic rings. The van der Waals surface area contributed by atoms with Crippen LogP contribution in [0, 0.1) is 6.92 Å². The second kappa shape index (κ2) is 10.7. The predicted octanol–water partition coefficient (Wildman–Crippen LogP) is 3.78. The van der Waals surface area contributed by atoms with Crippen LogP contribution in [0.3, 0.4) is 0 Å². The molecule has 3 aromatic carbocycles. The summed E-state index contributed by atoms with van der Waals surface area (Å²) < 4.78 is 38.6. The molecule has 0 bridgehead atoms. The van der Waals surface area contributed by atoms with E-state index in [9.17, 15) is 18.0 Å². The number of aryl methyl sites for hydroxylation is 1. The van der Waals surface area contributed by atoms with Crippen molar-refractivity contribution in [2.75, 3.05) is 29.1 Å². The number of sulfonamides is 1. The molecule has 3 aromatic rings. The summed E-state index contributed by atoms with van der Waals surface area (Å²) in [5.74, 6) is 0.375. The summed E-state index contributed by atoms with van der Waals surface area (Å²) >= 11 is 0. The molecule has 0 saturated heterocycles. The standard InChI is InChI=1S/C24H25N3O6S/c1-16-13-22(34(30,31)27-18-7-9-21(32-3)10-8-18)11-12-23(16)33-15-24(29)26-20-6-4-5-19(14-20)25-17(2)28/h4-14,27H,15H2,1-3H3,(H,25,28)(H,26,29). The molecule has 0 aliphatic carbocycles. The van der Waals surface area contributed by atoms with Crippen LogP contribution in [0.25, 0.3) is 0 Å². The third-order valence-electron chi connectivity index (χ3n) is 4.62. The molecule has 0 aromatic heterocycles. The Morgan fingerprint density at radius 2 is 1.56 bits per heavy atom. The number of carbonyl (C=O) groups excluding carboxylic acids is 2. The van der Waals surface area contributed by atoms with Crippen molar-refractivity contribution in [3.63, 3.8) is 0 Å². The lowest BCUT2D eigenvalue weighted by molar-refractivity contribution is -0.118. The second-order valence-corrected chi connectivity index (χ2v) is 9.04. The minimum atomic E-state index is -3.81. The molecule has 9 nitrogen and oxygen atoms in total. The van der Waals surface area contributed by atoms with Crippen molar-refractivity contribution >= 4 is 38.9 Å². The highest BCUT2D eigenvalue weighted by molar-refractivity contribution is 7.92. The first kappa shape index (κ1) is 24.6. The molecule has 0 unspecified atom stereocenters. The van der Waals surface area contributed by atoms with Gasteiger partial charge in [-0.25, -0.2) is 8.42 Å². The smallest absolute Gasteiger partial charge is 0.262 e. The van der Waals surface area contributed by atoms with E-state index in [0.717, 1.165) is 0 Å². The van der Waals surface area contributed by atoms with Crippen LogP contribution in [0.5, 0.6) is 11.5 Å². The zero-order valence-corrected chi connectivity index (χ0v) is 19.7. The van der Waals surface area contributed by atoms with Gasteiger partial charge in [-0.3, -0.25) is 14.3 Å². The van der Waals surface area contributed by atoms with E-state index < -0.39 is 15.9 Å². The van der Waals surface area contributed by atoms with Crippen LogP contribution < -0.4 is 24.8 Å². The summed E-state index contributed by atoms with van der Waals surface area (Å²) in [6, 6.07) is 17.6. The van der Waals surface area contributed by atoms with Crippen molar-refractivity contribution < 1.29 is 27.5 Å². The quantitative estimate of drug-likeness (QED) is 0.426. The summed E-state index contributed by atoms with van der Waals surface area (Å²) in [4.78, 5) is 23.5. The Balaban J connectivity index is 1.61. The molecular formula is C24H25N3O6S.